The van der Waals surface area contributed by atoms with E-state index in [1.54, 1.807) is 42.5 Å². The summed E-state index contributed by atoms with van der Waals surface area (Å²) in [5.74, 6) is -4.31. The molecule has 1 atom stereocenters. The molecule has 24 heavy (non-hydrogen) atoms. The van der Waals surface area contributed by atoms with Gasteiger partial charge in [0.1, 0.15) is 0 Å². The third-order valence-corrected chi connectivity index (χ3v) is 5.25. The molecule has 0 saturated carbocycles. The highest BCUT2D eigenvalue weighted by molar-refractivity contribution is 7.93. The summed E-state index contributed by atoms with van der Waals surface area (Å²) in [5.41, 5.74) is 0.341. The van der Waals surface area contributed by atoms with Gasteiger partial charge in [-0.25, -0.2) is 17.1 Å². The fraction of sp³-hybridized carbons (Fsp3) is 0.118. The minimum Gasteiger partial charge on any atom is -0.342 e. The smallest absolute Gasteiger partial charge is 0.304 e. The summed E-state index contributed by atoms with van der Waals surface area (Å²) in [6, 6.07) is 14.2. The van der Waals surface area contributed by atoms with Gasteiger partial charge in [0, 0.05) is 11.3 Å². The highest BCUT2D eigenvalue weighted by atomic mass is 32.2. The number of amides is 1. The molecular formula is C17H15FN2O3S. The zero-order valence-corrected chi connectivity index (χ0v) is 13.5. The van der Waals surface area contributed by atoms with Crippen molar-refractivity contribution >= 4 is 27.3 Å². The van der Waals surface area contributed by atoms with Crippen LogP contribution in [0.5, 0.6) is 0 Å². The predicted molar refractivity (Wildman–Crippen MR) is 90.8 cm³/mol. The maximum atomic E-state index is 15.6. The monoisotopic (exact) mass is 346 g/mol. The number of hydrogen-bond acceptors (Lipinski definition) is 4. The summed E-state index contributed by atoms with van der Waals surface area (Å²) < 4.78 is 40.9. The molecule has 1 aliphatic heterocycles. The first-order valence-corrected chi connectivity index (χ1v) is 8.81. The first-order valence-electron chi connectivity index (χ1n) is 7.20. The van der Waals surface area contributed by atoms with Crippen LogP contribution in [-0.2, 0) is 20.6 Å². The minimum absolute atomic E-state index is 0.00952. The van der Waals surface area contributed by atoms with Gasteiger partial charge in [-0.15, -0.1) is 6.58 Å². The van der Waals surface area contributed by atoms with Gasteiger partial charge in [-0.2, -0.15) is 0 Å². The van der Waals surface area contributed by atoms with Gasteiger partial charge >= 0.3 is 5.91 Å². The molecular weight excluding hydrogens is 331 g/mol. The van der Waals surface area contributed by atoms with Crippen molar-refractivity contribution in [2.45, 2.75) is 5.79 Å². The molecule has 0 aromatic heterocycles. The molecule has 5 nitrogen and oxygen atoms in total. The molecule has 3 rings (SSSR count). The van der Waals surface area contributed by atoms with Crippen molar-refractivity contribution < 1.29 is 17.6 Å². The fourth-order valence-electron chi connectivity index (χ4n) is 2.65. The maximum absolute atomic E-state index is 15.6. The SMILES string of the molecule is C=CCS(=O)(=O)N1C(=O)C(F)(Nc2ccccc2)c2ccccc21. The Kier molecular flexibility index (Phi) is 3.88. The Labute approximate surface area is 139 Å². The largest absolute Gasteiger partial charge is 0.342 e. The van der Waals surface area contributed by atoms with Gasteiger partial charge in [0.15, 0.2) is 0 Å². The summed E-state index contributed by atoms with van der Waals surface area (Å²) in [6.07, 6.45) is 1.16. The van der Waals surface area contributed by atoms with Crippen LogP contribution in [0.15, 0.2) is 67.3 Å². The Morgan fingerprint density at radius 2 is 1.75 bits per heavy atom. The number of nitrogens with zero attached hydrogens (tertiary/aromatic N) is 1. The average Bonchev–Trinajstić information content (AvgIpc) is 2.77. The number of rotatable bonds is 5. The average molecular weight is 346 g/mol. The number of anilines is 2. The van der Waals surface area contributed by atoms with E-state index in [1.807, 2.05) is 0 Å². The molecule has 124 valence electrons. The van der Waals surface area contributed by atoms with Crippen LogP contribution in [-0.4, -0.2) is 20.1 Å². The van der Waals surface area contributed by atoms with Crippen molar-refractivity contribution in [2.24, 2.45) is 0 Å². The molecule has 2 aromatic carbocycles. The summed E-state index contributed by atoms with van der Waals surface area (Å²) in [5, 5.41) is 2.52. The second-order valence-corrected chi connectivity index (χ2v) is 7.17. The molecule has 1 aliphatic rings. The Bertz CT molecular complexity index is 899. The standard InChI is InChI=1S/C17H15FN2O3S/c1-2-12-24(22,23)20-15-11-7-6-10-14(15)17(18,16(20)21)19-13-8-4-3-5-9-13/h2-11,19H,1,12H2. The molecule has 1 unspecified atom stereocenters. The van der Waals surface area contributed by atoms with Gasteiger partial charge < -0.3 is 5.32 Å². The topological polar surface area (TPSA) is 66.5 Å². The lowest BCUT2D eigenvalue weighted by Crippen LogP contribution is -2.45. The number of fused-ring (bicyclic) bond motifs is 1. The number of para-hydroxylation sites is 2. The number of carbonyl (C=O) groups is 1. The molecule has 1 heterocycles. The highest BCUT2D eigenvalue weighted by Gasteiger charge is 2.55. The Balaban J connectivity index is 2.13. The van der Waals surface area contributed by atoms with Crippen molar-refractivity contribution in [1.29, 1.82) is 0 Å². The van der Waals surface area contributed by atoms with Crippen LogP contribution >= 0.6 is 0 Å². The van der Waals surface area contributed by atoms with E-state index in [2.05, 4.69) is 11.9 Å². The van der Waals surface area contributed by atoms with Crippen molar-refractivity contribution in [3.05, 3.63) is 72.8 Å². The van der Waals surface area contributed by atoms with E-state index >= 15 is 4.39 Å². The van der Waals surface area contributed by atoms with Crippen molar-refractivity contribution in [3.63, 3.8) is 0 Å². The predicted octanol–water partition coefficient (Wildman–Crippen LogP) is 2.78. The molecule has 1 N–H and O–H groups in total. The second kappa shape index (κ2) is 5.76. The third kappa shape index (κ3) is 2.46. The van der Waals surface area contributed by atoms with E-state index in [-0.39, 0.29) is 11.3 Å². The summed E-state index contributed by atoms with van der Waals surface area (Å²) in [4.78, 5) is 12.7. The number of hydrogen-bond donors (Lipinski definition) is 1. The molecule has 0 aliphatic carbocycles. The molecule has 0 fully saturated rings. The molecule has 0 spiro atoms. The number of halogens is 1. The lowest BCUT2D eigenvalue weighted by atomic mass is 10.1. The summed E-state index contributed by atoms with van der Waals surface area (Å²) in [7, 11) is -4.05. The third-order valence-electron chi connectivity index (χ3n) is 3.67. The molecule has 2 aromatic rings. The van der Waals surface area contributed by atoms with Crippen molar-refractivity contribution in [1.82, 2.24) is 0 Å². The van der Waals surface area contributed by atoms with E-state index in [1.165, 1.54) is 12.1 Å². The summed E-state index contributed by atoms with van der Waals surface area (Å²) in [6.45, 7) is 3.38. The Morgan fingerprint density at radius 3 is 2.42 bits per heavy atom. The van der Waals surface area contributed by atoms with Crippen LogP contribution in [0.1, 0.15) is 5.56 Å². The van der Waals surface area contributed by atoms with Crippen LogP contribution in [0.25, 0.3) is 0 Å². The number of sulfonamides is 1. The zero-order valence-electron chi connectivity index (χ0n) is 12.6. The van der Waals surface area contributed by atoms with Crippen LogP contribution in [0.2, 0.25) is 0 Å². The second-order valence-electron chi connectivity index (χ2n) is 5.30. The molecule has 0 bridgehead atoms. The maximum Gasteiger partial charge on any atom is 0.304 e. The number of nitrogens with one attached hydrogen (secondary N) is 1. The number of carbonyl (C=O) groups excluding carboxylic acids is 1. The van der Waals surface area contributed by atoms with Crippen LogP contribution in [0, 0.1) is 0 Å². The molecule has 1 amide bonds. The van der Waals surface area contributed by atoms with E-state index in [9.17, 15) is 13.2 Å². The lowest BCUT2D eigenvalue weighted by Gasteiger charge is -2.22. The Hall–Kier alpha value is -2.67. The van der Waals surface area contributed by atoms with Gasteiger partial charge in [-0.3, -0.25) is 4.79 Å². The van der Waals surface area contributed by atoms with Gasteiger partial charge in [-0.05, 0) is 18.2 Å². The van der Waals surface area contributed by atoms with Gasteiger partial charge in [0.2, 0.25) is 10.0 Å². The lowest BCUT2D eigenvalue weighted by molar-refractivity contribution is -0.126. The first-order chi connectivity index (χ1) is 11.4. The van der Waals surface area contributed by atoms with Gasteiger partial charge in [-0.1, -0.05) is 42.5 Å². The zero-order chi connectivity index (χ0) is 17.4. The highest BCUT2D eigenvalue weighted by Crippen LogP contribution is 2.44. The van der Waals surface area contributed by atoms with Crippen LogP contribution in [0.3, 0.4) is 0 Å². The summed E-state index contributed by atoms with van der Waals surface area (Å²) >= 11 is 0. The Morgan fingerprint density at radius 1 is 1.12 bits per heavy atom. The number of alkyl halides is 1. The van der Waals surface area contributed by atoms with Crippen LogP contribution in [0.4, 0.5) is 15.8 Å². The van der Waals surface area contributed by atoms with Crippen molar-refractivity contribution in [2.75, 3.05) is 15.4 Å². The van der Waals surface area contributed by atoms with E-state index in [4.69, 9.17) is 0 Å². The van der Waals surface area contributed by atoms with E-state index in [0.717, 1.165) is 6.08 Å². The van der Waals surface area contributed by atoms with E-state index in [0.29, 0.717) is 9.99 Å². The van der Waals surface area contributed by atoms with E-state index < -0.39 is 27.5 Å². The molecule has 0 saturated heterocycles. The first kappa shape index (κ1) is 16.2. The molecule has 0 radical (unpaired) electrons. The van der Waals surface area contributed by atoms with Gasteiger partial charge in [0.25, 0.3) is 5.79 Å². The van der Waals surface area contributed by atoms with Crippen molar-refractivity contribution in [3.8, 4) is 0 Å². The minimum atomic E-state index is -4.05. The quantitative estimate of drug-likeness (QED) is 0.668. The number of benzene rings is 2. The van der Waals surface area contributed by atoms with Crippen LogP contribution < -0.4 is 9.62 Å². The van der Waals surface area contributed by atoms with Gasteiger partial charge in [0.05, 0.1) is 11.4 Å². The molecule has 7 heteroatoms. The fourth-order valence-corrected chi connectivity index (χ4v) is 3.93. The normalized spacial score (nSPS) is 19.9.